The number of amidine groups is 1. The lowest BCUT2D eigenvalue weighted by atomic mass is 10.3. The van der Waals surface area contributed by atoms with Gasteiger partial charge in [-0.25, -0.2) is 4.39 Å². The third kappa shape index (κ3) is 6.40. The molecule has 0 aliphatic carbocycles. The van der Waals surface area contributed by atoms with E-state index in [1.807, 2.05) is 39.8 Å². The van der Waals surface area contributed by atoms with E-state index in [2.05, 4.69) is 10.3 Å². The number of halogens is 1. The van der Waals surface area contributed by atoms with Crippen molar-refractivity contribution in [3.05, 3.63) is 24.6 Å². The van der Waals surface area contributed by atoms with E-state index in [1.54, 1.807) is 0 Å². The largest absolute Gasteiger partial charge is 0.368 e. The summed E-state index contributed by atoms with van der Waals surface area (Å²) in [6, 6.07) is 0.135. The quantitative estimate of drug-likeness (QED) is 0.419. The number of allylic oxidation sites excluding steroid dienone is 1. The van der Waals surface area contributed by atoms with Crippen LogP contribution in [0.15, 0.2) is 29.6 Å². The Morgan fingerprint density at radius 1 is 1.36 bits per heavy atom. The first-order valence-corrected chi connectivity index (χ1v) is 4.80. The second kappa shape index (κ2) is 7.30. The molecular formula is C11H19FN2. The van der Waals surface area contributed by atoms with Crippen molar-refractivity contribution < 1.29 is 4.39 Å². The van der Waals surface area contributed by atoms with Crippen molar-refractivity contribution in [3.8, 4) is 0 Å². The molecule has 2 nitrogen and oxygen atoms in total. The molecule has 0 amide bonds. The molecule has 0 aromatic heterocycles. The Hall–Kier alpha value is -1.12. The Labute approximate surface area is 85.6 Å². The van der Waals surface area contributed by atoms with Gasteiger partial charge in [-0.1, -0.05) is 12.2 Å². The predicted molar refractivity (Wildman–Crippen MR) is 60.2 cm³/mol. The number of nitrogens with zero attached hydrogens (tertiary/aromatic N) is 1. The average Bonchev–Trinajstić information content (AvgIpc) is 2.03. The summed E-state index contributed by atoms with van der Waals surface area (Å²) < 4.78 is 11.8. The van der Waals surface area contributed by atoms with E-state index in [0.29, 0.717) is 6.33 Å². The van der Waals surface area contributed by atoms with E-state index in [1.165, 1.54) is 6.08 Å². The van der Waals surface area contributed by atoms with Crippen LogP contribution >= 0.6 is 0 Å². The smallest absolute Gasteiger partial charge is 0.0943 e. The normalized spacial score (nSPS) is 17.6. The molecular weight excluding hydrogens is 179 g/mol. The number of rotatable bonds is 4. The minimum absolute atomic E-state index is 0.120. The molecule has 1 N–H and O–H groups in total. The van der Waals surface area contributed by atoms with E-state index in [-0.39, 0.29) is 12.1 Å². The number of hydrogen-bond acceptors (Lipinski definition) is 1. The fourth-order valence-corrected chi connectivity index (χ4v) is 1.16. The molecule has 0 bridgehead atoms. The highest BCUT2D eigenvalue weighted by molar-refractivity contribution is 5.80. The van der Waals surface area contributed by atoms with E-state index in [0.717, 1.165) is 5.84 Å². The number of nitrogens with one attached hydrogen (secondary N) is 1. The van der Waals surface area contributed by atoms with E-state index >= 15 is 0 Å². The summed E-state index contributed by atoms with van der Waals surface area (Å²) in [5.74, 6) is 0.821. The Balaban J connectivity index is 4.11. The Morgan fingerprint density at radius 2 is 2.00 bits per heavy atom. The van der Waals surface area contributed by atoms with Crippen molar-refractivity contribution in [2.75, 3.05) is 0 Å². The molecule has 0 heterocycles. The van der Waals surface area contributed by atoms with Crippen molar-refractivity contribution in [1.29, 1.82) is 0 Å². The zero-order chi connectivity index (χ0) is 11.0. The van der Waals surface area contributed by atoms with E-state index < -0.39 is 0 Å². The number of hydrogen-bond donors (Lipinski definition) is 1. The van der Waals surface area contributed by atoms with E-state index in [4.69, 9.17) is 0 Å². The maximum atomic E-state index is 11.8. The van der Waals surface area contributed by atoms with Gasteiger partial charge >= 0.3 is 0 Å². The van der Waals surface area contributed by atoms with Crippen molar-refractivity contribution in [1.82, 2.24) is 5.32 Å². The SMILES string of the molecule is C/C=C\C(C)NC(C)=NC(C)/C=C/F. The lowest BCUT2D eigenvalue weighted by Gasteiger charge is -2.11. The summed E-state index contributed by atoms with van der Waals surface area (Å²) in [7, 11) is 0. The second-order valence-corrected chi connectivity index (χ2v) is 3.23. The lowest BCUT2D eigenvalue weighted by Crippen LogP contribution is -2.29. The Bertz CT molecular complexity index is 231. The van der Waals surface area contributed by atoms with Gasteiger partial charge in [-0.05, 0) is 33.8 Å². The molecule has 0 aliphatic rings. The second-order valence-electron chi connectivity index (χ2n) is 3.23. The van der Waals surface area contributed by atoms with Crippen molar-refractivity contribution in [2.45, 2.75) is 39.8 Å². The third-order valence-electron chi connectivity index (χ3n) is 1.67. The highest BCUT2D eigenvalue weighted by atomic mass is 19.1. The summed E-state index contributed by atoms with van der Waals surface area (Å²) in [6.45, 7) is 7.72. The van der Waals surface area contributed by atoms with Gasteiger partial charge in [-0.3, -0.25) is 4.99 Å². The molecule has 0 fully saturated rings. The maximum absolute atomic E-state index is 11.8. The van der Waals surface area contributed by atoms with E-state index in [9.17, 15) is 4.39 Å². The maximum Gasteiger partial charge on any atom is 0.0943 e. The minimum Gasteiger partial charge on any atom is -0.368 e. The fourth-order valence-electron chi connectivity index (χ4n) is 1.16. The van der Waals surface area contributed by atoms with Crippen LogP contribution < -0.4 is 5.32 Å². The molecule has 14 heavy (non-hydrogen) atoms. The van der Waals surface area contributed by atoms with Crippen LogP contribution in [0, 0.1) is 0 Å². The van der Waals surface area contributed by atoms with Gasteiger partial charge in [0.1, 0.15) is 0 Å². The lowest BCUT2D eigenvalue weighted by molar-refractivity contribution is 0.706. The molecule has 0 rings (SSSR count). The summed E-state index contributed by atoms with van der Waals surface area (Å²) in [6.07, 6.45) is 5.95. The van der Waals surface area contributed by atoms with Gasteiger partial charge in [-0.15, -0.1) is 0 Å². The van der Waals surface area contributed by atoms with Crippen LogP contribution in [0.4, 0.5) is 4.39 Å². The van der Waals surface area contributed by atoms with Crippen LogP contribution in [0.2, 0.25) is 0 Å². The van der Waals surface area contributed by atoms with Crippen molar-refractivity contribution in [2.24, 2.45) is 4.99 Å². The highest BCUT2D eigenvalue weighted by Gasteiger charge is 1.98. The van der Waals surface area contributed by atoms with Crippen LogP contribution in [0.1, 0.15) is 27.7 Å². The van der Waals surface area contributed by atoms with Gasteiger partial charge in [0.25, 0.3) is 0 Å². The molecule has 2 unspecified atom stereocenters. The first-order valence-electron chi connectivity index (χ1n) is 4.80. The third-order valence-corrected chi connectivity index (χ3v) is 1.67. The fraction of sp³-hybridized carbons (Fsp3) is 0.545. The molecule has 0 radical (unpaired) electrons. The first kappa shape index (κ1) is 12.9. The monoisotopic (exact) mass is 198 g/mol. The molecule has 80 valence electrons. The summed E-state index contributed by atoms with van der Waals surface area (Å²) >= 11 is 0. The summed E-state index contributed by atoms with van der Waals surface area (Å²) in [5.41, 5.74) is 0. The summed E-state index contributed by atoms with van der Waals surface area (Å²) in [4.78, 5) is 4.23. The molecule has 0 saturated carbocycles. The zero-order valence-electron chi connectivity index (χ0n) is 9.29. The Morgan fingerprint density at radius 3 is 2.50 bits per heavy atom. The van der Waals surface area contributed by atoms with Crippen LogP contribution in [0.5, 0.6) is 0 Å². The molecule has 0 aliphatic heterocycles. The highest BCUT2D eigenvalue weighted by Crippen LogP contribution is 1.94. The van der Waals surface area contributed by atoms with Crippen LogP contribution in [-0.4, -0.2) is 17.9 Å². The molecule has 0 aromatic rings. The zero-order valence-corrected chi connectivity index (χ0v) is 9.29. The van der Waals surface area contributed by atoms with Gasteiger partial charge < -0.3 is 5.32 Å². The van der Waals surface area contributed by atoms with Gasteiger partial charge in [0.15, 0.2) is 0 Å². The average molecular weight is 198 g/mol. The van der Waals surface area contributed by atoms with Crippen molar-refractivity contribution in [3.63, 3.8) is 0 Å². The van der Waals surface area contributed by atoms with Gasteiger partial charge in [0.2, 0.25) is 0 Å². The van der Waals surface area contributed by atoms with Crippen LogP contribution in [0.3, 0.4) is 0 Å². The summed E-state index contributed by atoms with van der Waals surface area (Å²) in [5, 5.41) is 3.18. The van der Waals surface area contributed by atoms with Crippen LogP contribution in [-0.2, 0) is 0 Å². The molecule has 0 aromatic carbocycles. The number of aliphatic imine (C=N–C) groups is 1. The van der Waals surface area contributed by atoms with Crippen molar-refractivity contribution >= 4 is 5.84 Å². The molecule has 3 heteroatoms. The van der Waals surface area contributed by atoms with Crippen LogP contribution in [0.25, 0.3) is 0 Å². The minimum atomic E-state index is -0.120. The van der Waals surface area contributed by atoms with Gasteiger partial charge in [0.05, 0.1) is 18.2 Å². The van der Waals surface area contributed by atoms with Gasteiger partial charge in [-0.2, -0.15) is 0 Å². The van der Waals surface area contributed by atoms with Gasteiger partial charge in [0, 0.05) is 6.04 Å². The Kier molecular flexibility index (Phi) is 6.72. The predicted octanol–water partition coefficient (Wildman–Crippen LogP) is 2.83. The molecule has 0 saturated heterocycles. The topological polar surface area (TPSA) is 24.4 Å². The standard InChI is InChI=1S/C11H19FN2/c1-5-6-9(2)13-11(4)14-10(3)7-8-12/h5-10H,1-4H3,(H,13,14)/b6-5-,8-7+. The molecule has 2 atom stereocenters. The first-order chi connectivity index (χ1) is 6.60. The molecule has 0 spiro atoms.